The van der Waals surface area contributed by atoms with Crippen molar-refractivity contribution >= 4 is 23.5 Å². The van der Waals surface area contributed by atoms with E-state index in [-0.39, 0.29) is 5.78 Å². The number of hydrogen-bond donors (Lipinski definition) is 2. The van der Waals surface area contributed by atoms with Crippen molar-refractivity contribution in [2.75, 3.05) is 11.5 Å². The van der Waals surface area contributed by atoms with E-state index >= 15 is 0 Å². The second-order valence-electron chi connectivity index (χ2n) is 3.49. The molecule has 0 aromatic rings. The Hall–Kier alpha value is -0.810. The molecule has 16 heavy (non-hydrogen) atoms. The van der Waals surface area contributed by atoms with Crippen molar-refractivity contribution in [2.45, 2.75) is 31.7 Å². The summed E-state index contributed by atoms with van der Waals surface area (Å²) >= 11 is 1.48. The van der Waals surface area contributed by atoms with E-state index in [1.54, 1.807) is 6.08 Å². The summed E-state index contributed by atoms with van der Waals surface area (Å²) in [5.41, 5.74) is 5.33. The van der Waals surface area contributed by atoms with Crippen molar-refractivity contribution in [1.82, 2.24) is 0 Å². The summed E-state index contributed by atoms with van der Waals surface area (Å²) in [6.07, 6.45) is 4.37. The van der Waals surface area contributed by atoms with Gasteiger partial charge in [-0.2, -0.15) is 11.8 Å². The van der Waals surface area contributed by atoms with Crippen LogP contribution in [0.4, 0.5) is 0 Å². The van der Waals surface area contributed by atoms with Gasteiger partial charge in [0.15, 0.2) is 0 Å². The largest absolute Gasteiger partial charge is 0.480 e. The zero-order valence-electron chi connectivity index (χ0n) is 9.35. The van der Waals surface area contributed by atoms with Crippen molar-refractivity contribution in [3.8, 4) is 0 Å². The summed E-state index contributed by atoms with van der Waals surface area (Å²) in [6.45, 7) is 3.55. The Kier molecular flexibility index (Phi) is 8.94. The molecule has 0 bridgehead atoms. The lowest BCUT2D eigenvalue weighted by Crippen LogP contribution is -2.32. The molecule has 92 valence electrons. The van der Waals surface area contributed by atoms with Crippen LogP contribution in [0.1, 0.15) is 25.7 Å². The smallest absolute Gasteiger partial charge is 0.321 e. The Labute approximate surface area is 100 Å². The highest BCUT2D eigenvalue weighted by Gasteiger charge is 2.10. The third-order valence-corrected chi connectivity index (χ3v) is 3.16. The van der Waals surface area contributed by atoms with E-state index in [1.165, 1.54) is 11.8 Å². The molecule has 0 fully saturated rings. The van der Waals surface area contributed by atoms with Gasteiger partial charge in [-0.1, -0.05) is 6.08 Å². The normalized spacial score (nSPS) is 12.1. The number of thioether (sulfide) groups is 1. The lowest BCUT2D eigenvalue weighted by molar-refractivity contribution is -0.137. The summed E-state index contributed by atoms with van der Waals surface area (Å²) in [5, 5.41) is 8.52. The third kappa shape index (κ3) is 8.49. The maximum atomic E-state index is 11.2. The molecule has 0 radical (unpaired) electrons. The fourth-order valence-electron chi connectivity index (χ4n) is 1.04. The van der Waals surface area contributed by atoms with Gasteiger partial charge in [-0.3, -0.25) is 9.59 Å². The summed E-state index contributed by atoms with van der Waals surface area (Å²) in [5.74, 6) is 0.439. The fraction of sp³-hybridized carbons (Fsp3) is 0.636. The number of allylic oxidation sites excluding steroid dienone is 1. The fourth-order valence-corrected chi connectivity index (χ4v) is 1.95. The molecule has 0 saturated carbocycles. The van der Waals surface area contributed by atoms with E-state index in [1.807, 2.05) is 0 Å². The molecule has 0 aromatic heterocycles. The Morgan fingerprint density at radius 3 is 2.69 bits per heavy atom. The standard InChI is InChI=1S/C11H19NO3S/c1-2-3-5-9(13)6-4-7-16-8-10(12)11(14)15/h2,10H,1,3-8,12H2,(H,14,15)/t10-/m0/s1. The lowest BCUT2D eigenvalue weighted by Gasteiger charge is -2.05. The molecule has 0 aliphatic heterocycles. The van der Waals surface area contributed by atoms with E-state index in [0.717, 1.165) is 18.6 Å². The van der Waals surface area contributed by atoms with Crippen LogP contribution in [0, 0.1) is 0 Å². The molecule has 0 unspecified atom stereocenters. The molecular weight excluding hydrogens is 226 g/mol. The monoisotopic (exact) mass is 245 g/mol. The van der Waals surface area contributed by atoms with Crippen LogP contribution in [0.2, 0.25) is 0 Å². The van der Waals surface area contributed by atoms with Crippen molar-refractivity contribution in [3.05, 3.63) is 12.7 Å². The highest BCUT2D eigenvalue weighted by molar-refractivity contribution is 7.99. The number of ketones is 1. The van der Waals surface area contributed by atoms with Crippen molar-refractivity contribution in [2.24, 2.45) is 5.73 Å². The number of hydrogen-bond acceptors (Lipinski definition) is 4. The summed E-state index contributed by atoms with van der Waals surface area (Å²) in [4.78, 5) is 21.6. The molecule has 0 aromatic carbocycles. The van der Waals surface area contributed by atoms with Crippen LogP contribution in [-0.2, 0) is 9.59 Å². The second kappa shape index (κ2) is 9.42. The molecular formula is C11H19NO3S. The number of Topliss-reactive ketones (excluding diaryl/α,β-unsaturated/α-hetero) is 1. The van der Waals surface area contributed by atoms with E-state index in [4.69, 9.17) is 10.8 Å². The number of nitrogens with two attached hydrogens (primary N) is 1. The van der Waals surface area contributed by atoms with Gasteiger partial charge in [0.1, 0.15) is 11.8 Å². The number of carboxylic acid groups (broad SMARTS) is 1. The maximum Gasteiger partial charge on any atom is 0.321 e. The molecule has 3 N–H and O–H groups in total. The first-order valence-electron chi connectivity index (χ1n) is 5.26. The number of carbonyl (C=O) groups excluding carboxylic acids is 1. The average Bonchev–Trinajstić information content (AvgIpc) is 2.25. The minimum absolute atomic E-state index is 0.239. The van der Waals surface area contributed by atoms with Gasteiger partial charge in [0.25, 0.3) is 0 Å². The highest BCUT2D eigenvalue weighted by Crippen LogP contribution is 2.07. The number of aliphatic carboxylic acids is 1. The third-order valence-electron chi connectivity index (χ3n) is 1.99. The topological polar surface area (TPSA) is 80.4 Å². The Morgan fingerprint density at radius 2 is 2.12 bits per heavy atom. The first kappa shape index (κ1) is 15.2. The molecule has 0 amide bonds. The van der Waals surface area contributed by atoms with Crippen LogP contribution < -0.4 is 5.73 Å². The molecule has 0 spiro atoms. The van der Waals surface area contributed by atoms with Gasteiger partial charge in [0.05, 0.1) is 0 Å². The Bertz CT molecular complexity index is 243. The van der Waals surface area contributed by atoms with Crippen LogP contribution in [0.25, 0.3) is 0 Å². The molecule has 0 aliphatic carbocycles. The van der Waals surface area contributed by atoms with Gasteiger partial charge in [0, 0.05) is 18.6 Å². The SMILES string of the molecule is C=CCCC(=O)CCCSC[C@H](N)C(=O)O. The maximum absolute atomic E-state index is 11.2. The Morgan fingerprint density at radius 1 is 1.44 bits per heavy atom. The van der Waals surface area contributed by atoms with Crippen LogP contribution in [-0.4, -0.2) is 34.4 Å². The van der Waals surface area contributed by atoms with Crippen LogP contribution in [0.15, 0.2) is 12.7 Å². The minimum Gasteiger partial charge on any atom is -0.480 e. The van der Waals surface area contributed by atoms with Gasteiger partial charge in [-0.25, -0.2) is 0 Å². The van der Waals surface area contributed by atoms with Crippen molar-refractivity contribution in [1.29, 1.82) is 0 Å². The Balaban J connectivity index is 3.36. The lowest BCUT2D eigenvalue weighted by atomic mass is 10.1. The van der Waals surface area contributed by atoms with Gasteiger partial charge < -0.3 is 10.8 Å². The molecule has 5 heteroatoms. The summed E-state index contributed by atoms with van der Waals surface area (Å²) in [7, 11) is 0. The first-order chi connectivity index (χ1) is 7.57. The molecule has 1 atom stereocenters. The van der Waals surface area contributed by atoms with E-state index < -0.39 is 12.0 Å². The summed E-state index contributed by atoms with van der Waals surface area (Å²) in [6, 6.07) is -0.804. The van der Waals surface area contributed by atoms with Gasteiger partial charge >= 0.3 is 5.97 Å². The first-order valence-corrected chi connectivity index (χ1v) is 6.42. The van der Waals surface area contributed by atoms with Crippen molar-refractivity contribution in [3.63, 3.8) is 0 Å². The van der Waals surface area contributed by atoms with Gasteiger partial charge in [-0.15, -0.1) is 6.58 Å². The number of carboxylic acids is 1. The van der Waals surface area contributed by atoms with Crippen molar-refractivity contribution < 1.29 is 14.7 Å². The van der Waals surface area contributed by atoms with E-state index in [9.17, 15) is 9.59 Å². The van der Waals surface area contributed by atoms with Crippen LogP contribution in [0.3, 0.4) is 0 Å². The zero-order chi connectivity index (χ0) is 12.4. The zero-order valence-corrected chi connectivity index (χ0v) is 10.2. The predicted molar refractivity (Wildman–Crippen MR) is 66.6 cm³/mol. The van der Waals surface area contributed by atoms with E-state index in [0.29, 0.717) is 18.6 Å². The molecule has 0 rings (SSSR count). The molecule has 0 aliphatic rings. The van der Waals surface area contributed by atoms with E-state index in [2.05, 4.69) is 6.58 Å². The highest BCUT2D eigenvalue weighted by atomic mass is 32.2. The number of carbonyl (C=O) groups is 2. The van der Waals surface area contributed by atoms with Gasteiger partial charge in [0.2, 0.25) is 0 Å². The molecule has 4 nitrogen and oxygen atoms in total. The van der Waals surface area contributed by atoms with Crippen LogP contribution >= 0.6 is 11.8 Å². The summed E-state index contributed by atoms with van der Waals surface area (Å²) < 4.78 is 0. The number of rotatable bonds is 10. The predicted octanol–water partition coefficient (Wildman–Crippen LogP) is 1.45. The molecule has 0 heterocycles. The van der Waals surface area contributed by atoms with Gasteiger partial charge in [-0.05, 0) is 18.6 Å². The second-order valence-corrected chi connectivity index (χ2v) is 4.64. The average molecular weight is 245 g/mol. The minimum atomic E-state index is -0.977. The quantitative estimate of drug-likeness (QED) is 0.450. The molecule has 0 saturated heterocycles. The van der Waals surface area contributed by atoms with Crippen LogP contribution in [0.5, 0.6) is 0 Å².